The Bertz CT molecular complexity index is 602. The maximum absolute atomic E-state index is 11.1. The van der Waals surface area contributed by atoms with Crippen molar-refractivity contribution in [1.82, 2.24) is 9.78 Å². The molecule has 0 unspecified atom stereocenters. The van der Waals surface area contributed by atoms with Crippen molar-refractivity contribution in [1.29, 1.82) is 0 Å². The van der Waals surface area contributed by atoms with Crippen molar-refractivity contribution < 1.29 is 15.0 Å². The van der Waals surface area contributed by atoms with Crippen molar-refractivity contribution in [2.24, 2.45) is 7.05 Å². The number of aromatic nitrogens is 2. The van der Waals surface area contributed by atoms with Crippen LogP contribution in [0.15, 0.2) is 24.3 Å². The van der Waals surface area contributed by atoms with E-state index >= 15 is 0 Å². The lowest BCUT2D eigenvalue weighted by molar-refractivity contribution is 0.0696. The van der Waals surface area contributed by atoms with E-state index in [4.69, 9.17) is 10.2 Å². The van der Waals surface area contributed by atoms with Crippen LogP contribution >= 0.6 is 0 Å². The molecular formula is C13H14N2O3. The van der Waals surface area contributed by atoms with Gasteiger partial charge in [-0.2, -0.15) is 5.10 Å². The van der Waals surface area contributed by atoms with Crippen LogP contribution in [-0.4, -0.2) is 26.0 Å². The molecule has 0 saturated carbocycles. The number of aliphatic hydroxyl groups excluding tert-OH is 1. The van der Waals surface area contributed by atoms with E-state index in [2.05, 4.69) is 5.10 Å². The molecule has 0 amide bonds. The summed E-state index contributed by atoms with van der Waals surface area (Å²) in [5.74, 6) is -0.945. The van der Waals surface area contributed by atoms with E-state index < -0.39 is 5.97 Å². The summed E-state index contributed by atoms with van der Waals surface area (Å²) in [6, 6.07) is 6.88. The molecule has 0 aliphatic rings. The van der Waals surface area contributed by atoms with Gasteiger partial charge in [-0.05, 0) is 24.6 Å². The molecule has 94 valence electrons. The minimum absolute atomic E-state index is 0.133. The predicted octanol–water partition coefficient (Wildman–Crippen LogP) is 1.59. The molecule has 0 aliphatic heterocycles. The summed E-state index contributed by atoms with van der Waals surface area (Å²) < 4.78 is 1.64. The first-order valence-corrected chi connectivity index (χ1v) is 5.51. The molecule has 0 aliphatic carbocycles. The Balaban J connectivity index is 2.60. The molecular weight excluding hydrogens is 232 g/mol. The minimum atomic E-state index is -0.945. The summed E-state index contributed by atoms with van der Waals surface area (Å²) in [5.41, 5.74) is 3.13. The van der Waals surface area contributed by atoms with Crippen molar-refractivity contribution in [3.8, 4) is 11.3 Å². The van der Waals surface area contributed by atoms with Gasteiger partial charge < -0.3 is 10.2 Å². The van der Waals surface area contributed by atoms with Crippen molar-refractivity contribution in [2.75, 3.05) is 0 Å². The van der Waals surface area contributed by atoms with Crippen LogP contribution in [0.3, 0.4) is 0 Å². The van der Waals surface area contributed by atoms with E-state index in [1.165, 1.54) is 0 Å². The third-order valence-electron chi connectivity index (χ3n) is 2.93. The van der Waals surface area contributed by atoms with Crippen molar-refractivity contribution in [2.45, 2.75) is 13.5 Å². The van der Waals surface area contributed by atoms with Crippen molar-refractivity contribution in [3.63, 3.8) is 0 Å². The largest absolute Gasteiger partial charge is 0.478 e. The third-order valence-corrected chi connectivity index (χ3v) is 2.93. The number of rotatable bonds is 3. The lowest BCUT2D eigenvalue weighted by Gasteiger charge is -2.08. The second-order valence-electron chi connectivity index (χ2n) is 4.09. The number of nitrogens with zero attached hydrogens (tertiary/aromatic N) is 2. The Kier molecular flexibility index (Phi) is 3.16. The first-order chi connectivity index (χ1) is 8.54. The third kappa shape index (κ3) is 2.00. The fourth-order valence-electron chi connectivity index (χ4n) is 2.00. The Morgan fingerprint density at radius 1 is 1.44 bits per heavy atom. The highest BCUT2D eigenvalue weighted by Gasteiger charge is 2.14. The molecule has 0 atom stereocenters. The molecule has 0 spiro atoms. The Labute approximate surface area is 104 Å². The van der Waals surface area contributed by atoms with Crippen LogP contribution in [0.25, 0.3) is 11.3 Å². The zero-order chi connectivity index (χ0) is 13.3. The smallest absolute Gasteiger partial charge is 0.335 e. The number of aromatic carboxylic acids is 1. The van der Waals surface area contributed by atoms with Crippen LogP contribution in [0.5, 0.6) is 0 Å². The fraction of sp³-hybridized carbons (Fsp3) is 0.231. The summed E-state index contributed by atoms with van der Waals surface area (Å²) in [7, 11) is 1.77. The first-order valence-electron chi connectivity index (χ1n) is 5.51. The molecule has 18 heavy (non-hydrogen) atoms. The van der Waals surface area contributed by atoms with Gasteiger partial charge >= 0.3 is 5.97 Å². The quantitative estimate of drug-likeness (QED) is 0.862. The van der Waals surface area contributed by atoms with Gasteiger partial charge in [-0.25, -0.2) is 4.79 Å². The number of carboxylic acids is 1. The van der Waals surface area contributed by atoms with Crippen LogP contribution in [0, 0.1) is 6.92 Å². The number of carbonyl (C=O) groups is 1. The zero-order valence-corrected chi connectivity index (χ0v) is 10.2. The summed E-state index contributed by atoms with van der Waals surface area (Å²) in [4.78, 5) is 11.1. The predicted molar refractivity (Wildman–Crippen MR) is 66.3 cm³/mol. The number of carboxylic acid groups (broad SMARTS) is 1. The van der Waals surface area contributed by atoms with E-state index in [9.17, 15) is 4.79 Å². The van der Waals surface area contributed by atoms with Gasteiger partial charge in [-0.3, -0.25) is 4.68 Å². The van der Waals surface area contributed by atoms with E-state index in [1.807, 2.05) is 6.07 Å². The van der Waals surface area contributed by atoms with Gasteiger partial charge in [0.05, 0.1) is 23.6 Å². The molecule has 5 heteroatoms. The number of aryl methyl sites for hydroxylation is 1. The lowest BCUT2D eigenvalue weighted by Crippen LogP contribution is -2.02. The maximum atomic E-state index is 11.1. The summed E-state index contributed by atoms with van der Waals surface area (Å²) in [6.07, 6.45) is 0. The Hall–Kier alpha value is -2.14. The second kappa shape index (κ2) is 4.62. The number of aliphatic hydroxyl groups is 1. The van der Waals surface area contributed by atoms with Crippen LogP contribution in [0.4, 0.5) is 0 Å². The highest BCUT2D eigenvalue weighted by atomic mass is 16.4. The Morgan fingerprint density at radius 3 is 2.72 bits per heavy atom. The van der Waals surface area contributed by atoms with Crippen LogP contribution in [0.1, 0.15) is 21.6 Å². The van der Waals surface area contributed by atoms with E-state index in [0.29, 0.717) is 11.3 Å². The molecule has 1 aromatic carbocycles. The fourth-order valence-corrected chi connectivity index (χ4v) is 2.00. The molecule has 0 bridgehead atoms. The van der Waals surface area contributed by atoms with Crippen LogP contribution < -0.4 is 0 Å². The first kappa shape index (κ1) is 12.3. The summed E-state index contributed by atoms with van der Waals surface area (Å²) in [6.45, 7) is 1.63. The summed E-state index contributed by atoms with van der Waals surface area (Å²) >= 11 is 0. The second-order valence-corrected chi connectivity index (χ2v) is 4.09. The van der Waals surface area contributed by atoms with Crippen LogP contribution in [0.2, 0.25) is 0 Å². The molecule has 1 aromatic heterocycles. The highest BCUT2D eigenvalue weighted by Crippen LogP contribution is 2.26. The maximum Gasteiger partial charge on any atom is 0.335 e. The normalized spacial score (nSPS) is 10.6. The van der Waals surface area contributed by atoms with Crippen molar-refractivity contribution >= 4 is 5.97 Å². The molecule has 2 rings (SSSR count). The van der Waals surface area contributed by atoms with E-state index in [-0.39, 0.29) is 12.2 Å². The number of hydrogen-bond acceptors (Lipinski definition) is 3. The molecule has 0 fully saturated rings. The van der Waals surface area contributed by atoms with Gasteiger partial charge in [0.1, 0.15) is 0 Å². The summed E-state index contributed by atoms with van der Waals surface area (Å²) in [5, 5.41) is 22.3. The molecule has 2 aromatic rings. The average molecular weight is 246 g/mol. The molecule has 2 N–H and O–H groups in total. The Morgan fingerprint density at radius 2 is 2.17 bits per heavy atom. The SMILES string of the molecule is Cc1c(C(=O)O)cccc1-c1cc(CO)nn1C. The zero-order valence-electron chi connectivity index (χ0n) is 10.2. The molecule has 1 heterocycles. The average Bonchev–Trinajstić information content (AvgIpc) is 2.70. The van der Waals surface area contributed by atoms with E-state index in [1.54, 1.807) is 36.9 Å². The molecule has 0 saturated heterocycles. The van der Waals surface area contributed by atoms with Gasteiger partial charge in [0.2, 0.25) is 0 Å². The minimum Gasteiger partial charge on any atom is -0.478 e. The molecule has 5 nitrogen and oxygen atoms in total. The van der Waals surface area contributed by atoms with Crippen molar-refractivity contribution in [3.05, 3.63) is 41.1 Å². The lowest BCUT2D eigenvalue weighted by atomic mass is 10.00. The number of hydrogen-bond donors (Lipinski definition) is 2. The molecule has 0 radical (unpaired) electrons. The standard InChI is InChI=1S/C13H14N2O3/c1-8-10(4-3-5-11(8)13(17)18)12-6-9(7-16)14-15(12)2/h3-6,16H,7H2,1-2H3,(H,17,18). The number of benzene rings is 1. The topological polar surface area (TPSA) is 75.3 Å². The van der Waals surface area contributed by atoms with E-state index in [0.717, 1.165) is 11.3 Å². The van der Waals surface area contributed by atoms with Gasteiger partial charge in [-0.15, -0.1) is 0 Å². The van der Waals surface area contributed by atoms with Gasteiger partial charge in [-0.1, -0.05) is 12.1 Å². The van der Waals surface area contributed by atoms with Gasteiger partial charge in [0, 0.05) is 12.6 Å². The van der Waals surface area contributed by atoms with Crippen LogP contribution in [-0.2, 0) is 13.7 Å². The van der Waals surface area contributed by atoms with Gasteiger partial charge in [0.15, 0.2) is 0 Å². The monoisotopic (exact) mass is 246 g/mol. The van der Waals surface area contributed by atoms with Gasteiger partial charge in [0.25, 0.3) is 0 Å². The highest BCUT2D eigenvalue weighted by molar-refractivity contribution is 5.91.